The Kier molecular flexibility index (Phi) is 16.9. The van der Waals surface area contributed by atoms with Crippen LogP contribution in [-0.2, 0) is 24.3 Å². The monoisotopic (exact) mass is 941 g/mol. The Morgan fingerprint density at radius 2 is 1.61 bits per heavy atom. The van der Waals surface area contributed by atoms with Gasteiger partial charge in [0, 0.05) is 120 Å². The van der Waals surface area contributed by atoms with Gasteiger partial charge in [0.15, 0.2) is 0 Å². The van der Waals surface area contributed by atoms with Crippen LogP contribution < -0.4 is 31.0 Å². The van der Waals surface area contributed by atoms with E-state index in [2.05, 4.69) is 41.9 Å². The number of carbonyl (C=O) groups excluding carboxylic acids is 3. The van der Waals surface area contributed by atoms with Crippen LogP contribution in [0.1, 0.15) is 88.5 Å². The Morgan fingerprint density at radius 1 is 0.783 bits per heavy atom. The molecule has 4 N–H and O–H groups in total. The number of aryl methyl sites for hydroxylation is 1. The van der Waals surface area contributed by atoms with Crippen LogP contribution in [0.3, 0.4) is 0 Å². The summed E-state index contributed by atoms with van der Waals surface area (Å²) in [6.07, 6.45) is 8.02. The first-order valence-electron chi connectivity index (χ1n) is 24.8. The van der Waals surface area contributed by atoms with Crippen LogP contribution in [0.15, 0.2) is 83.9 Å². The van der Waals surface area contributed by atoms with Gasteiger partial charge in [0.05, 0.1) is 43.2 Å². The largest absolute Gasteiger partial charge is 0.497 e. The number of rotatable bonds is 19. The minimum Gasteiger partial charge on any atom is -0.497 e. The Bertz CT molecular complexity index is 2590. The molecule has 8 rings (SSSR count). The van der Waals surface area contributed by atoms with Crippen molar-refractivity contribution in [1.82, 2.24) is 45.2 Å². The van der Waals surface area contributed by atoms with Crippen molar-refractivity contribution in [2.24, 2.45) is 5.92 Å². The zero-order valence-electron chi connectivity index (χ0n) is 40.4. The SMILES string of the molecule is CCOc1cc(OC)ccc1CNCC(=O)N1CCCC(c2cccc(C(=O)N3CCC(CN4CCN(C(=O)c5ccc(NCCNCc6cnc7cc(CC)c(=O)[nH]c7c6)cn5)CC4)CC3)c2)C1. The van der Waals surface area contributed by atoms with Gasteiger partial charge in [-0.15, -0.1) is 0 Å². The summed E-state index contributed by atoms with van der Waals surface area (Å²) in [6.45, 7) is 14.0. The Morgan fingerprint density at radius 3 is 2.38 bits per heavy atom. The number of anilines is 1. The number of hydrogen-bond donors (Lipinski definition) is 4. The summed E-state index contributed by atoms with van der Waals surface area (Å²) in [6, 6.07) is 21.3. The van der Waals surface area contributed by atoms with E-state index >= 15 is 0 Å². The highest BCUT2D eigenvalue weighted by Gasteiger charge is 2.30. The molecule has 3 fully saturated rings. The third kappa shape index (κ3) is 12.8. The van der Waals surface area contributed by atoms with Crippen molar-refractivity contribution in [2.75, 3.05) is 97.6 Å². The van der Waals surface area contributed by atoms with Gasteiger partial charge in [0.2, 0.25) is 5.91 Å². The molecule has 1 unspecified atom stereocenters. The third-order valence-electron chi connectivity index (χ3n) is 13.8. The Hall–Kier alpha value is -6.36. The molecule has 6 heterocycles. The summed E-state index contributed by atoms with van der Waals surface area (Å²) in [7, 11) is 1.63. The van der Waals surface area contributed by atoms with Crippen LogP contribution in [0.5, 0.6) is 11.5 Å². The van der Waals surface area contributed by atoms with E-state index in [9.17, 15) is 19.2 Å². The van der Waals surface area contributed by atoms with E-state index in [0.29, 0.717) is 76.0 Å². The lowest BCUT2D eigenvalue weighted by molar-refractivity contribution is -0.131. The lowest BCUT2D eigenvalue weighted by Gasteiger charge is -2.39. The van der Waals surface area contributed by atoms with E-state index in [4.69, 9.17) is 9.47 Å². The van der Waals surface area contributed by atoms with Gasteiger partial charge in [-0.05, 0) is 98.5 Å². The van der Waals surface area contributed by atoms with Crippen molar-refractivity contribution in [3.05, 3.63) is 123 Å². The highest BCUT2D eigenvalue weighted by Crippen LogP contribution is 2.29. The fraction of sp³-hybridized carbons (Fsp3) is 0.472. The molecule has 16 heteroatoms. The molecule has 366 valence electrons. The highest BCUT2D eigenvalue weighted by molar-refractivity contribution is 5.94. The predicted octanol–water partition coefficient (Wildman–Crippen LogP) is 5.30. The van der Waals surface area contributed by atoms with E-state index < -0.39 is 0 Å². The number of likely N-dealkylation sites (tertiary alicyclic amines) is 2. The molecule has 0 saturated carbocycles. The number of methoxy groups -OCH3 is 1. The van der Waals surface area contributed by atoms with E-state index in [1.54, 1.807) is 19.4 Å². The maximum atomic E-state index is 13.8. The molecule has 3 aliphatic rings. The first-order chi connectivity index (χ1) is 33.7. The van der Waals surface area contributed by atoms with Gasteiger partial charge in [0.1, 0.15) is 17.2 Å². The van der Waals surface area contributed by atoms with Crippen molar-refractivity contribution in [2.45, 2.75) is 65.0 Å². The predicted molar refractivity (Wildman–Crippen MR) is 268 cm³/mol. The maximum Gasteiger partial charge on any atom is 0.272 e. The van der Waals surface area contributed by atoms with Gasteiger partial charge in [-0.2, -0.15) is 0 Å². The number of H-pyrrole nitrogens is 1. The van der Waals surface area contributed by atoms with Gasteiger partial charge in [0.25, 0.3) is 17.4 Å². The number of nitrogens with zero attached hydrogens (tertiary/aromatic N) is 6. The second kappa shape index (κ2) is 23.8. The quantitative estimate of drug-likeness (QED) is 0.0788. The molecule has 2 aromatic carbocycles. The fourth-order valence-corrected chi connectivity index (χ4v) is 9.76. The first-order valence-corrected chi connectivity index (χ1v) is 24.8. The molecular formula is C53H68N10O6. The first kappa shape index (κ1) is 49.1. The topological polar surface area (TPSA) is 177 Å². The molecule has 5 aromatic rings. The van der Waals surface area contributed by atoms with E-state index in [1.807, 2.05) is 89.3 Å². The van der Waals surface area contributed by atoms with Crippen molar-refractivity contribution >= 4 is 34.4 Å². The second-order valence-electron chi connectivity index (χ2n) is 18.4. The van der Waals surface area contributed by atoms with Crippen molar-refractivity contribution in [1.29, 1.82) is 0 Å². The number of piperidine rings is 2. The average molecular weight is 941 g/mol. The molecule has 0 spiro atoms. The molecule has 69 heavy (non-hydrogen) atoms. The lowest BCUT2D eigenvalue weighted by atomic mass is 9.89. The number of aromatic nitrogens is 3. The van der Waals surface area contributed by atoms with Gasteiger partial charge < -0.3 is 45.1 Å². The number of fused-ring (bicyclic) bond motifs is 1. The zero-order valence-corrected chi connectivity index (χ0v) is 40.4. The van der Waals surface area contributed by atoms with E-state index in [-0.39, 0.29) is 35.7 Å². The fourth-order valence-electron chi connectivity index (χ4n) is 9.76. The number of amides is 3. The number of ether oxygens (including phenoxy) is 2. The molecule has 3 aliphatic heterocycles. The van der Waals surface area contributed by atoms with Crippen LogP contribution in [0.25, 0.3) is 11.0 Å². The van der Waals surface area contributed by atoms with Crippen molar-refractivity contribution in [3.63, 3.8) is 0 Å². The minimum atomic E-state index is -0.0649. The minimum absolute atomic E-state index is 0.0460. The number of hydrogen-bond acceptors (Lipinski definition) is 12. The summed E-state index contributed by atoms with van der Waals surface area (Å²) >= 11 is 0. The number of aromatic amines is 1. The molecule has 3 aromatic heterocycles. The summed E-state index contributed by atoms with van der Waals surface area (Å²) in [5.41, 5.74) is 7.29. The number of carbonyl (C=O) groups is 3. The molecular weight excluding hydrogens is 873 g/mol. The van der Waals surface area contributed by atoms with Crippen molar-refractivity contribution < 1.29 is 23.9 Å². The standard InChI is InChI=1S/C53H68N10O6/c1-4-39-28-47-48(59-51(39)65)26-38(31-57-47)30-54-17-18-56-44-12-14-46(58-33-44)53(67)62-24-22-60(23-25-62)35-37-15-20-61(21-16-37)52(66)41-9-6-8-40(27-41)43-10-7-19-63(36-43)50(64)34-55-32-42-11-13-45(68-3)29-49(42)69-5-2/h6,8-9,11-14,26-29,31,33,37,43,54-56H,4-5,7,10,15-25,30,32,34-36H2,1-3H3,(H,59,65). The molecule has 3 saturated heterocycles. The molecule has 3 amide bonds. The van der Waals surface area contributed by atoms with Gasteiger partial charge in [-0.1, -0.05) is 25.1 Å². The molecule has 0 radical (unpaired) electrons. The van der Waals surface area contributed by atoms with E-state index in [1.165, 1.54) is 0 Å². The van der Waals surface area contributed by atoms with Gasteiger partial charge in [-0.25, -0.2) is 4.98 Å². The summed E-state index contributed by atoms with van der Waals surface area (Å²) < 4.78 is 11.1. The van der Waals surface area contributed by atoms with Crippen molar-refractivity contribution in [3.8, 4) is 11.5 Å². The zero-order chi connectivity index (χ0) is 48.1. The molecule has 0 aliphatic carbocycles. The summed E-state index contributed by atoms with van der Waals surface area (Å²) in [5, 5.41) is 10.1. The average Bonchev–Trinajstić information content (AvgIpc) is 3.39. The summed E-state index contributed by atoms with van der Waals surface area (Å²) in [4.78, 5) is 73.0. The lowest BCUT2D eigenvalue weighted by Crippen LogP contribution is -2.50. The Labute approximate surface area is 405 Å². The second-order valence-corrected chi connectivity index (χ2v) is 18.4. The smallest absolute Gasteiger partial charge is 0.272 e. The van der Waals surface area contributed by atoms with Crippen LogP contribution in [0.2, 0.25) is 0 Å². The van der Waals surface area contributed by atoms with Gasteiger partial charge >= 0.3 is 0 Å². The van der Waals surface area contributed by atoms with E-state index in [0.717, 1.165) is 115 Å². The number of pyridine rings is 3. The Balaban J connectivity index is 0.716. The number of piperazine rings is 1. The maximum absolute atomic E-state index is 13.8. The van der Waals surface area contributed by atoms with Crippen LogP contribution in [0.4, 0.5) is 5.69 Å². The third-order valence-corrected chi connectivity index (χ3v) is 13.8. The summed E-state index contributed by atoms with van der Waals surface area (Å²) in [5.74, 6) is 2.27. The molecule has 1 atom stereocenters. The molecule has 16 nitrogen and oxygen atoms in total. The number of nitrogens with one attached hydrogen (secondary N) is 4. The van der Waals surface area contributed by atoms with Crippen LogP contribution in [0, 0.1) is 5.92 Å². The van der Waals surface area contributed by atoms with Gasteiger partial charge in [-0.3, -0.25) is 29.1 Å². The normalized spacial score (nSPS) is 17.0. The van der Waals surface area contributed by atoms with Crippen LogP contribution >= 0.6 is 0 Å². The molecule has 0 bridgehead atoms. The number of benzene rings is 2. The van der Waals surface area contributed by atoms with Crippen LogP contribution in [-0.4, -0.2) is 145 Å². The highest BCUT2D eigenvalue weighted by atomic mass is 16.5.